The average molecular weight is 318 g/mol. The minimum atomic E-state index is -0.668. The molecule has 0 spiro atoms. The Kier molecular flexibility index (Phi) is 7.98. The molecule has 1 N–H and O–H groups in total. The Balaban J connectivity index is 2.43. The van der Waals surface area contributed by atoms with Crippen molar-refractivity contribution in [2.24, 2.45) is 11.0 Å². The fourth-order valence-electron chi connectivity index (χ4n) is 2.57. The summed E-state index contributed by atoms with van der Waals surface area (Å²) >= 11 is 1.25. The van der Waals surface area contributed by atoms with Crippen molar-refractivity contribution in [3.05, 3.63) is 10.1 Å². The van der Waals surface area contributed by atoms with E-state index in [1.54, 1.807) is 6.26 Å². The second kappa shape index (κ2) is 9.22. The van der Waals surface area contributed by atoms with Crippen LogP contribution in [0.1, 0.15) is 27.2 Å². The van der Waals surface area contributed by atoms with Crippen LogP contribution < -0.4 is 5.32 Å². The van der Waals surface area contributed by atoms with Crippen LogP contribution in [0.25, 0.3) is 0 Å². The summed E-state index contributed by atoms with van der Waals surface area (Å²) < 4.78 is 5.61. The molecule has 0 bridgehead atoms. The number of hydrazone groups is 1. The number of thioether (sulfide) groups is 1. The molecule has 1 aliphatic rings. The lowest BCUT2D eigenvalue weighted by Crippen LogP contribution is -2.44. The molecule has 1 rings (SSSR count). The van der Waals surface area contributed by atoms with Crippen molar-refractivity contribution >= 4 is 16.9 Å². The number of likely N-dealkylation sites (N-methyl/N-ethyl adjacent to an activating group) is 1. The van der Waals surface area contributed by atoms with Gasteiger partial charge in [-0.3, -0.25) is 4.90 Å². The molecular weight excluding hydrogens is 292 g/mol. The number of amidine groups is 1. The molecule has 0 saturated carbocycles. The van der Waals surface area contributed by atoms with Gasteiger partial charge in [0.05, 0.1) is 17.8 Å². The van der Waals surface area contributed by atoms with Gasteiger partial charge in [0.25, 0.3) is 0 Å². The van der Waals surface area contributed by atoms with Crippen LogP contribution in [0.4, 0.5) is 0 Å². The number of hydrogen-bond donors (Lipinski definition) is 1. The van der Waals surface area contributed by atoms with Crippen LogP contribution in [0.15, 0.2) is 5.10 Å². The lowest BCUT2D eigenvalue weighted by molar-refractivity contribution is -0.484. The molecule has 1 aliphatic heterocycles. The topological polar surface area (TPSA) is 80.0 Å². The van der Waals surface area contributed by atoms with Gasteiger partial charge in [-0.2, -0.15) is 0 Å². The summed E-state index contributed by atoms with van der Waals surface area (Å²) in [5.74, 6) is 0.579. The molecule has 3 unspecified atom stereocenters. The molecule has 0 aromatic carbocycles. The SMILES string of the molecule is CCN(CC1COC(C)C1)C(C)CNC(=N[N+](=O)[O-])SC. The maximum absolute atomic E-state index is 10.4. The van der Waals surface area contributed by atoms with Gasteiger partial charge in [0.1, 0.15) is 0 Å². The second-order valence-corrected chi connectivity index (χ2v) is 6.21. The molecule has 21 heavy (non-hydrogen) atoms. The van der Waals surface area contributed by atoms with Crippen molar-refractivity contribution in [2.75, 3.05) is 32.5 Å². The maximum Gasteiger partial charge on any atom is 0.234 e. The fraction of sp³-hybridized carbons (Fsp3) is 0.923. The summed E-state index contributed by atoms with van der Waals surface area (Å²) in [5.41, 5.74) is 0. The predicted molar refractivity (Wildman–Crippen MR) is 86.2 cm³/mol. The summed E-state index contributed by atoms with van der Waals surface area (Å²) in [6, 6.07) is 0.287. The number of rotatable bonds is 7. The smallest absolute Gasteiger partial charge is 0.234 e. The third-order valence-corrected chi connectivity index (χ3v) is 4.33. The standard InChI is InChI=1S/C13H26N4O3S/c1-5-16(8-12-6-11(3)20-9-12)10(2)7-14-13(21-4)15-17(18)19/h10-12H,5-9H2,1-4H3,(H,14,15). The molecular formula is C13H26N4O3S. The summed E-state index contributed by atoms with van der Waals surface area (Å²) in [5, 5.41) is 16.4. The first-order valence-corrected chi connectivity index (χ1v) is 8.55. The number of ether oxygens (including phenoxy) is 1. The predicted octanol–water partition coefficient (Wildman–Crippen LogP) is 1.62. The number of hydrogen-bond acceptors (Lipinski definition) is 5. The van der Waals surface area contributed by atoms with Gasteiger partial charge in [-0.15, -0.1) is 0 Å². The lowest BCUT2D eigenvalue weighted by Gasteiger charge is -2.30. The minimum Gasteiger partial charge on any atom is -0.378 e. The van der Waals surface area contributed by atoms with Gasteiger partial charge in [-0.1, -0.05) is 18.7 Å². The van der Waals surface area contributed by atoms with Crippen LogP contribution in [0, 0.1) is 16.0 Å². The summed E-state index contributed by atoms with van der Waals surface area (Å²) in [6.45, 7) is 9.80. The largest absolute Gasteiger partial charge is 0.378 e. The van der Waals surface area contributed by atoms with Gasteiger partial charge in [-0.05, 0) is 39.0 Å². The van der Waals surface area contributed by atoms with Gasteiger partial charge in [0.15, 0.2) is 5.03 Å². The fourth-order valence-corrected chi connectivity index (χ4v) is 2.95. The normalized spacial score (nSPS) is 24.3. The highest BCUT2D eigenvalue weighted by atomic mass is 32.2. The van der Waals surface area contributed by atoms with Crippen LogP contribution in [0.2, 0.25) is 0 Å². The van der Waals surface area contributed by atoms with Crippen molar-refractivity contribution < 1.29 is 9.77 Å². The van der Waals surface area contributed by atoms with E-state index in [-0.39, 0.29) is 6.04 Å². The Labute approximate surface area is 130 Å². The number of nitro groups is 1. The van der Waals surface area contributed by atoms with E-state index in [9.17, 15) is 10.1 Å². The Hall–Kier alpha value is -0.860. The van der Waals surface area contributed by atoms with Gasteiger partial charge in [0.2, 0.25) is 5.17 Å². The molecule has 3 atom stereocenters. The summed E-state index contributed by atoms with van der Waals surface area (Å²) in [4.78, 5) is 12.8. The highest BCUT2D eigenvalue weighted by Gasteiger charge is 2.25. The first kappa shape index (κ1) is 18.2. The zero-order valence-corrected chi connectivity index (χ0v) is 14.1. The van der Waals surface area contributed by atoms with Crippen molar-refractivity contribution in [3.8, 4) is 0 Å². The summed E-state index contributed by atoms with van der Waals surface area (Å²) in [6.07, 6.45) is 3.24. The number of nitrogens with zero attached hydrogens (tertiary/aromatic N) is 3. The molecule has 1 fully saturated rings. The van der Waals surface area contributed by atoms with Crippen LogP contribution in [-0.2, 0) is 4.74 Å². The average Bonchev–Trinajstić information content (AvgIpc) is 2.85. The van der Waals surface area contributed by atoms with E-state index in [0.717, 1.165) is 26.1 Å². The highest BCUT2D eigenvalue weighted by molar-refractivity contribution is 8.13. The Bertz CT molecular complexity index is 367. The van der Waals surface area contributed by atoms with Crippen molar-refractivity contribution in [1.29, 1.82) is 0 Å². The van der Waals surface area contributed by atoms with E-state index in [4.69, 9.17) is 4.74 Å². The van der Waals surface area contributed by atoms with E-state index in [0.29, 0.717) is 23.7 Å². The Morgan fingerprint density at radius 2 is 2.38 bits per heavy atom. The molecule has 0 aromatic heterocycles. The monoisotopic (exact) mass is 318 g/mol. The van der Waals surface area contributed by atoms with Crippen molar-refractivity contribution in [1.82, 2.24) is 10.2 Å². The highest BCUT2D eigenvalue weighted by Crippen LogP contribution is 2.20. The van der Waals surface area contributed by atoms with E-state index in [1.807, 2.05) is 0 Å². The van der Waals surface area contributed by atoms with Gasteiger partial charge >= 0.3 is 0 Å². The molecule has 122 valence electrons. The van der Waals surface area contributed by atoms with E-state index in [2.05, 4.69) is 36.1 Å². The molecule has 7 nitrogen and oxygen atoms in total. The Morgan fingerprint density at radius 3 is 2.86 bits per heavy atom. The third-order valence-electron chi connectivity index (χ3n) is 3.72. The summed E-state index contributed by atoms with van der Waals surface area (Å²) in [7, 11) is 0. The molecule has 1 saturated heterocycles. The minimum absolute atomic E-state index is 0.287. The molecule has 8 heteroatoms. The van der Waals surface area contributed by atoms with E-state index >= 15 is 0 Å². The van der Waals surface area contributed by atoms with E-state index < -0.39 is 5.03 Å². The van der Waals surface area contributed by atoms with Crippen molar-refractivity contribution in [2.45, 2.75) is 39.3 Å². The third kappa shape index (κ3) is 6.62. The molecule has 0 radical (unpaired) electrons. The first-order chi connectivity index (χ1) is 9.96. The van der Waals surface area contributed by atoms with E-state index in [1.165, 1.54) is 11.8 Å². The molecule has 0 aliphatic carbocycles. The van der Waals surface area contributed by atoms with Gasteiger partial charge in [-0.25, -0.2) is 10.1 Å². The van der Waals surface area contributed by atoms with Crippen LogP contribution in [0.3, 0.4) is 0 Å². The van der Waals surface area contributed by atoms with Gasteiger partial charge in [0, 0.05) is 19.1 Å². The zero-order valence-electron chi connectivity index (χ0n) is 13.2. The van der Waals surface area contributed by atoms with Crippen molar-refractivity contribution in [3.63, 3.8) is 0 Å². The molecule has 0 aromatic rings. The zero-order chi connectivity index (χ0) is 15.8. The second-order valence-electron chi connectivity index (χ2n) is 5.41. The van der Waals surface area contributed by atoms with Gasteiger partial charge < -0.3 is 10.1 Å². The molecule has 0 amide bonds. The lowest BCUT2D eigenvalue weighted by atomic mass is 10.0. The van der Waals surface area contributed by atoms with Crippen LogP contribution in [0.5, 0.6) is 0 Å². The Morgan fingerprint density at radius 1 is 1.67 bits per heavy atom. The molecule has 1 heterocycles. The maximum atomic E-state index is 10.4. The quantitative estimate of drug-likeness (QED) is 0.332. The number of nitrogens with one attached hydrogen (secondary N) is 1. The van der Waals surface area contributed by atoms with Crippen LogP contribution in [-0.4, -0.2) is 59.7 Å². The van der Waals surface area contributed by atoms with Crippen LogP contribution >= 0.6 is 11.8 Å². The first-order valence-electron chi connectivity index (χ1n) is 7.32.